The van der Waals surface area contributed by atoms with Gasteiger partial charge in [0.25, 0.3) is 0 Å². The van der Waals surface area contributed by atoms with Gasteiger partial charge in [0.1, 0.15) is 5.75 Å². The second kappa shape index (κ2) is 9.46. The van der Waals surface area contributed by atoms with E-state index in [9.17, 15) is 9.59 Å². The predicted octanol–water partition coefficient (Wildman–Crippen LogP) is 4.64. The predicted molar refractivity (Wildman–Crippen MR) is 115 cm³/mol. The van der Waals surface area contributed by atoms with Gasteiger partial charge in [-0.15, -0.1) is 0 Å². The Balaban J connectivity index is 1.71. The third kappa shape index (κ3) is 5.62. The van der Waals surface area contributed by atoms with Crippen LogP contribution in [-0.4, -0.2) is 23.8 Å². The zero-order valence-corrected chi connectivity index (χ0v) is 16.4. The highest BCUT2D eigenvalue weighted by molar-refractivity contribution is 5.96. The number of methoxy groups -OCH3 is 1. The third-order valence-corrected chi connectivity index (χ3v) is 4.34. The van der Waals surface area contributed by atoms with Crippen molar-refractivity contribution in [3.8, 4) is 5.75 Å². The van der Waals surface area contributed by atoms with E-state index in [-0.39, 0.29) is 18.1 Å². The van der Waals surface area contributed by atoms with Crippen LogP contribution in [0.5, 0.6) is 5.75 Å². The van der Waals surface area contributed by atoms with Crippen LogP contribution in [0.1, 0.15) is 34.1 Å². The molecule has 0 aliphatic heterocycles. The van der Waals surface area contributed by atoms with E-state index in [1.54, 1.807) is 31.5 Å². The topological polar surface area (TPSA) is 68.3 Å². The maximum Gasteiger partial charge on any atom is 0.228 e. The number of nitrogens with zero attached hydrogens (tertiary/aromatic N) is 1. The van der Waals surface area contributed by atoms with Crippen LogP contribution in [0.4, 0.5) is 5.69 Å². The van der Waals surface area contributed by atoms with Crippen LogP contribution in [-0.2, 0) is 11.2 Å². The Morgan fingerprint density at radius 1 is 1.03 bits per heavy atom. The Labute approximate surface area is 170 Å². The number of ether oxygens (including phenoxy) is 1. The van der Waals surface area contributed by atoms with Gasteiger partial charge in [-0.3, -0.25) is 14.6 Å². The quantitative estimate of drug-likeness (QED) is 0.601. The van der Waals surface area contributed by atoms with Crippen molar-refractivity contribution < 1.29 is 14.3 Å². The van der Waals surface area contributed by atoms with Gasteiger partial charge in [0.05, 0.1) is 19.2 Å². The first-order chi connectivity index (χ1) is 14.0. The van der Waals surface area contributed by atoms with Crippen molar-refractivity contribution in [2.24, 2.45) is 0 Å². The number of hydrogen-bond donors (Lipinski definition) is 1. The SMILES string of the molecule is COc1ccc(C(C)=O)cc1CC(=O)Nc1cccc(/C=C/c2ccccn2)c1. The number of pyridine rings is 1. The number of amides is 1. The highest BCUT2D eigenvalue weighted by Gasteiger charge is 2.12. The fourth-order valence-electron chi connectivity index (χ4n) is 2.89. The summed E-state index contributed by atoms with van der Waals surface area (Å²) >= 11 is 0. The number of carbonyl (C=O) groups excluding carboxylic acids is 2. The molecule has 0 bridgehead atoms. The molecular formula is C24H22N2O3. The summed E-state index contributed by atoms with van der Waals surface area (Å²) in [5.74, 6) is 0.341. The van der Waals surface area contributed by atoms with E-state index in [0.29, 0.717) is 22.6 Å². The number of carbonyl (C=O) groups is 2. The summed E-state index contributed by atoms with van der Waals surface area (Å²) < 4.78 is 5.32. The second-order valence-electron chi connectivity index (χ2n) is 6.52. The lowest BCUT2D eigenvalue weighted by atomic mass is 10.0. The number of rotatable bonds is 7. The summed E-state index contributed by atoms with van der Waals surface area (Å²) in [6, 6.07) is 18.4. The van der Waals surface area contributed by atoms with Crippen molar-refractivity contribution >= 4 is 29.5 Å². The fourth-order valence-corrected chi connectivity index (χ4v) is 2.89. The number of Topliss-reactive ketones (excluding diaryl/α,β-unsaturated/α-hetero) is 1. The van der Waals surface area contributed by atoms with Crippen molar-refractivity contribution in [1.29, 1.82) is 0 Å². The van der Waals surface area contributed by atoms with Gasteiger partial charge in [-0.25, -0.2) is 0 Å². The highest BCUT2D eigenvalue weighted by Crippen LogP contribution is 2.22. The van der Waals surface area contributed by atoms with E-state index in [1.807, 2.05) is 54.6 Å². The van der Waals surface area contributed by atoms with Gasteiger partial charge in [-0.05, 0) is 61.0 Å². The van der Waals surface area contributed by atoms with Gasteiger partial charge in [-0.1, -0.05) is 24.3 Å². The summed E-state index contributed by atoms with van der Waals surface area (Å²) in [5, 5.41) is 2.90. The zero-order chi connectivity index (χ0) is 20.6. The Kier molecular flexibility index (Phi) is 6.53. The van der Waals surface area contributed by atoms with Crippen LogP contribution in [0.15, 0.2) is 66.9 Å². The monoisotopic (exact) mass is 386 g/mol. The lowest BCUT2D eigenvalue weighted by molar-refractivity contribution is -0.115. The minimum Gasteiger partial charge on any atom is -0.496 e. The second-order valence-corrected chi connectivity index (χ2v) is 6.52. The summed E-state index contributed by atoms with van der Waals surface area (Å²) in [4.78, 5) is 28.4. The minimum atomic E-state index is -0.185. The number of benzene rings is 2. The molecule has 0 spiro atoms. The molecule has 0 saturated carbocycles. The van der Waals surface area contributed by atoms with E-state index < -0.39 is 0 Å². The lowest BCUT2D eigenvalue weighted by Crippen LogP contribution is -2.15. The summed E-state index contributed by atoms with van der Waals surface area (Å²) in [7, 11) is 1.54. The number of hydrogen-bond acceptors (Lipinski definition) is 4. The molecule has 0 unspecified atom stereocenters. The Bertz CT molecular complexity index is 1040. The Morgan fingerprint density at radius 3 is 2.62 bits per heavy atom. The Morgan fingerprint density at radius 2 is 1.90 bits per heavy atom. The molecule has 0 fully saturated rings. The lowest BCUT2D eigenvalue weighted by Gasteiger charge is -2.11. The molecule has 5 heteroatoms. The van der Waals surface area contributed by atoms with E-state index in [1.165, 1.54) is 6.92 Å². The minimum absolute atomic E-state index is 0.0540. The average Bonchev–Trinajstić information content (AvgIpc) is 2.73. The molecule has 0 atom stereocenters. The number of ketones is 1. The molecule has 0 saturated heterocycles. The zero-order valence-electron chi connectivity index (χ0n) is 16.4. The molecule has 0 radical (unpaired) electrons. The van der Waals surface area contributed by atoms with Crippen molar-refractivity contribution in [3.63, 3.8) is 0 Å². The van der Waals surface area contributed by atoms with Crippen LogP contribution in [0.2, 0.25) is 0 Å². The molecule has 3 rings (SSSR count). The third-order valence-electron chi connectivity index (χ3n) is 4.34. The molecule has 3 aromatic rings. The molecule has 0 aliphatic rings. The number of anilines is 1. The molecule has 1 N–H and O–H groups in total. The van der Waals surface area contributed by atoms with Gasteiger partial charge in [0.15, 0.2) is 5.78 Å². The first-order valence-corrected chi connectivity index (χ1v) is 9.22. The fraction of sp³-hybridized carbons (Fsp3) is 0.125. The van der Waals surface area contributed by atoms with Crippen LogP contribution >= 0.6 is 0 Å². The molecule has 146 valence electrons. The van der Waals surface area contributed by atoms with Crippen LogP contribution in [0.3, 0.4) is 0 Å². The van der Waals surface area contributed by atoms with Crippen molar-refractivity contribution in [3.05, 3.63) is 89.2 Å². The summed E-state index contributed by atoms with van der Waals surface area (Å²) in [6.07, 6.45) is 5.71. The van der Waals surface area contributed by atoms with Gasteiger partial charge < -0.3 is 10.1 Å². The molecule has 29 heavy (non-hydrogen) atoms. The standard InChI is InChI=1S/C24H22N2O3/c1-17(27)19-10-12-23(29-2)20(15-19)16-24(28)26-22-8-5-6-18(14-22)9-11-21-7-3-4-13-25-21/h3-15H,16H2,1-2H3,(H,26,28)/b11-9+. The molecule has 2 aromatic carbocycles. The van der Waals surface area contributed by atoms with Gasteiger partial charge in [-0.2, -0.15) is 0 Å². The van der Waals surface area contributed by atoms with E-state index in [2.05, 4.69) is 10.3 Å². The van der Waals surface area contributed by atoms with E-state index >= 15 is 0 Å². The van der Waals surface area contributed by atoms with Gasteiger partial charge in [0, 0.05) is 23.0 Å². The molecule has 1 aromatic heterocycles. The normalized spacial score (nSPS) is 10.7. The largest absolute Gasteiger partial charge is 0.496 e. The average molecular weight is 386 g/mol. The molecule has 1 heterocycles. The molecule has 0 aliphatic carbocycles. The van der Waals surface area contributed by atoms with Crippen molar-refractivity contribution in [2.75, 3.05) is 12.4 Å². The summed E-state index contributed by atoms with van der Waals surface area (Å²) in [5.41, 5.74) is 3.73. The number of nitrogens with one attached hydrogen (secondary N) is 1. The smallest absolute Gasteiger partial charge is 0.228 e. The van der Waals surface area contributed by atoms with Crippen molar-refractivity contribution in [2.45, 2.75) is 13.3 Å². The molecule has 1 amide bonds. The first kappa shape index (κ1) is 20.0. The molecular weight excluding hydrogens is 364 g/mol. The highest BCUT2D eigenvalue weighted by atomic mass is 16.5. The maximum atomic E-state index is 12.5. The first-order valence-electron chi connectivity index (χ1n) is 9.22. The number of aromatic nitrogens is 1. The molecule has 5 nitrogen and oxygen atoms in total. The van der Waals surface area contributed by atoms with Crippen LogP contribution < -0.4 is 10.1 Å². The van der Waals surface area contributed by atoms with Gasteiger partial charge >= 0.3 is 0 Å². The van der Waals surface area contributed by atoms with E-state index in [4.69, 9.17) is 4.74 Å². The van der Waals surface area contributed by atoms with Crippen LogP contribution in [0.25, 0.3) is 12.2 Å². The van der Waals surface area contributed by atoms with Gasteiger partial charge in [0.2, 0.25) is 5.91 Å². The maximum absolute atomic E-state index is 12.5. The van der Waals surface area contributed by atoms with E-state index in [0.717, 1.165) is 11.3 Å². The van der Waals surface area contributed by atoms with Crippen LogP contribution in [0, 0.1) is 0 Å². The summed E-state index contributed by atoms with van der Waals surface area (Å²) in [6.45, 7) is 1.50. The Hall–Kier alpha value is -3.73. The van der Waals surface area contributed by atoms with Crippen molar-refractivity contribution in [1.82, 2.24) is 4.98 Å².